The highest BCUT2D eigenvalue weighted by Gasteiger charge is 2.26. The molecule has 1 amide bonds. The van der Waals surface area contributed by atoms with Gasteiger partial charge in [-0.1, -0.05) is 43.9 Å². The van der Waals surface area contributed by atoms with Gasteiger partial charge in [-0.3, -0.25) is 4.79 Å². The van der Waals surface area contributed by atoms with Crippen molar-refractivity contribution < 1.29 is 19.4 Å². The first-order valence-corrected chi connectivity index (χ1v) is 11.4. The number of methoxy groups -OCH3 is 1. The van der Waals surface area contributed by atoms with Gasteiger partial charge in [0.1, 0.15) is 0 Å². The number of aliphatic hydroxyl groups excluding tert-OH is 1. The topological polar surface area (TPSA) is 97.0 Å². The van der Waals surface area contributed by atoms with Gasteiger partial charge >= 0.3 is 0 Å². The second kappa shape index (κ2) is 14.1. The fraction of sp³-hybridized carbons (Fsp3) is 0.625. The molecule has 1 atom stereocenters. The number of hydrogen-bond acceptors (Lipinski definition) is 6. The summed E-state index contributed by atoms with van der Waals surface area (Å²) >= 11 is 0. The van der Waals surface area contributed by atoms with E-state index in [-0.39, 0.29) is 18.5 Å². The number of hydrogen-bond donors (Lipinski definition) is 3. The molecule has 0 radical (unpaired) electrons. The van der Waals surface area contributed by atoms with Crippen molar-refractivity contribution in [1.82, 2.24) is 10.2 Å². The highest BCUT2D eigenvalue weighted by molar-refractivity contribution is 5.76. The van der Waals surface area contributed by atoms with Crippen molar-refractivity contribution >= 4 is 11.6 Å². The van der Waals surface area contributed by atoms with Crippen molar-refractivity contribution in [3.8, 4) is 0 Å². The molecule has 1 aliphatic carbocycles. The Kier molecular flexibility index (Phi) is 11.4. The van der Waals surface area contributed by atoms with Crippen LogP contribution in [0.2, 0.25) is 0 Å². The van der Waals surface area contributed by atoms with E-state index < -0.39 is 6.29 Å². The van der Waals surface area contributed by atoms with Crippen LogP contribution in [0.4, 0.5) is 0 Å². The lowest BCUT2D eigenvalue weighted by molar-refractivity contribution is -0.145. The number of ether oxygens (including phenoxy) is 2. The first-order valence-electron chi connectivity index (χ1n) is 11.4. The fourth-order valence-corrected chi connectivity index (χ4v) is 4.01. The maximum absolute atomic E-state index is 12.9. The maximum atomic E-state index is 12.9. The van der Waals surface area contributed by atoms with Gasteiger partial charge in [0.15, 0.2) is 6.29 Å². The number of nitrogens with zero attached hydrogens (tertiary/aromatic N) is 1. The van der Waals surface area contributed by atoms with Crippen LogP contribution in [0.15, 0.2) is 30.5 Å². The zero-order valence-electron chi connectivity index (χ0n) is 19.0. The number of carbonyl (C=O) groups is 1. The fourth-order valence-electron chi connectivity index (χ4n) is 4.01. The summed E-state index contributed by atoms with van der Waals surface area (Å²) in [5.41, 5.74) is 8.82. The third-order valence-corrected chi connectivity index (χ3v) is 5.77. The minimum atomic E-state index is -0.954. The highest BCUT2D eigenvalue weighted by Crippen LogP contribution is 2.23. The van der Waals surface area contributed by atoms with E-state index in [0.717, 1.165) is 43.2 Å². The van der Waals surface area contributed by atoms with Gasteiger partial charge in [-0.05, 0) is 36.5 Å². The zero-order chi connectivity index (χ0) is 22.5. The van der Waals surface area contributed by atoms with Gasteiger partial charge in [0, 0.05) is 26.4 Å². The number of nitrogens with two attached hydrogens (primary N) is 1. The molecule has 0 aromatic heterocycles. The van der Waals surface area contributed by atoms with Gasteiger partial charge in [0.2, 0.25) is 5.91 Å². The second-order valence-electron chi connectivity index (χ2n) is 8.08. The molecular weight excluding hydrogens is 394 g/mol. The third-order valence-electron chi connectivity index (χ3n) is 5.77. The van der Waals surface area contributed by atoms with E-state index in [1.165, 1.54) is 20.0 Å². The lowest BCUT2D eigenvalue weighted by Crippen LogP contribution is -2.45. The van der Waals surface area contributed by atoms with E-state index in [0.29, 0.717) is 25.3 Å². The molecule has 0 spiro atoms. The Hall–Kier alpha value is -2.09. The molecule has 1 aromatic rings. The van der Waals surface area contributed by atoms with Crippen LogP contribution in [0.3, 0.4) is 0 Å². The summed E-state index contributed by atoms with van der Waals surface area (Å²) in [6.45, 7) is 1.12. The van der Waals surface area contributed by atoms with E-state index in [1.807, 2.05) is 30.1 Å². The largest absolute Gasteiger partial charge is 0.397 e. The molecule has 7 nitrogen and oxygen atoms in total. The van der Waals surface area contributed by atoms with E-state index in [4.69, 9.17) is 15.2 Å². The molecule has 7 heteroatoms. The van der Waals surface area contributed by atoms with Gasteiger partial charge in [0.05, 0.1) is 31.9 Å². The van der Waals surface area contributed by atoms with Crippen LogP contribution in [0.5, 0.6) is 0 Å². The molecule has 1 aromatic carbocycles. The number of carbonyl (C=O) groups excluding carboxylic acids is 1. The smallest absolute Gasteiger partial charge is 0.225 e. The van der Waals surface area contributed by atoms with Gasteiger partial charge in [0.25, 0.3) is 0 Å². The van der Waals surface area contributed by atoms with Gasteiger partial charge in [-0.2, -0.15) is 0 Å². The van der Waals surface area contributed by atoms with Crippen LogP contribution in [0.1, 0.15) is 56.1 Å². The van der Waals surface area contributed by atoms with Crippen molar-refractivity contribution in [2.75, 3.05) is 33.9 Å². The van der Waals surface area contributed by atoms with Crippen molar-refractivity contribution in [1.29, 1.82) is 0 Å². The summed E-state index contributed by atoms with van der Waals surface area (Å²) < 4.78 is 10.8. The molecule has 174 valence electrons. The van der Waals surface area contributed by atoms with Crippen molar-refractivity contribution in [3.63, 3.8) is 0 Å². The molecule has 0 bridgehead atoms. The molecule has 0 aliphatic heterocycles. The Bertz CT molecular complexity index is 687. The SMILES string of the molecule is CN/C=C(\N)c1cccc(CCOCCC(=O)N(CC(O)OC)C2CCCCCC2)c1. The molecule has 4 N–H and O–H groups in total. The number of aliphatic hydroxyl groups is 1. The number of benzene rings is 1. The zero-order valence-corrected chi connectivity index (χ0v) is 19.0. The average molecular weight is 434 g/mol. The number of amides is 1. The standard InChI is InChI=1S/C24H39N3O4/c1-26-17-22(25)20-9-7-8-19(16-20)12-14-31-15-13-23(28)27(18-24(29)30-2)21-10-5-3-4-6-11-21/h7-9,16-17,21,24,26,29H,3-6,10-15,18,25H2,1-2H3/b22-17-. The summed E-state index contributed by atoms with van der Waals surface area (Å²) in [6, 6.07) is 8.24. The normalized spacial score (nSPS) is 16.5. The first kappa shape index (κ1) is 25.2. The highest BCUT2D eigenvalue weighted by atomic mass is 16.6. The molecule has 1 saturated carbocycles. The number of rotatable bonds is 12. The Morgan fingerprint density at radius 1 is 1.29 bits per heavy atom. The van der Waals surface area contributed by atoms with Crippen LogP contribution in [-0.4, -0.2) is 62.2 Å². The van der Waals surface area contributed by atoms with Crippen LogP contribution in [-0.2, 0) is 20.7 Å². The molecule has 2 rings (SSSR count). The quantitative estimate of drug-likeness (QED) is 0.266. The van der Waals surface area contributed by atoms with Gasteiger partial charge < -0.3 is 30.5 Å². The van der Waals surface area contributed by atoms with Crippen molar-refractivity contribution in [2.24, 2.45) is 5.73 Å². The Balaban J connectivity index is 1.80. The minimum absolute atomic E-state index is 0.0231. The van der Waals surface area contributed by atoms with E-state index >= 15 is 0 Å². The summed E-state index contributed by atoms with van der Waals surface area (Å²) in [7, 11) is 3.28. The maximum Gasteiger partial charge on any atom is 0.225 e. The van der Waals surface area contributed by atoms with Crippen LogP contribution in [0, 0.1) is 0 Å². The Morgan fingerprint density at radius 3 is 2.71 bits per heavy atom. The molecule has 1 unspecified atom stereocenters. The number of nitrogens with one attached hydrogen (secondary N) is 1. The molecule has 0 heterocycles. The predicted octanol–water partition coefficient (Wildman–Crippen LogP) is 2.63. The summed E-state index contributed by atoms with van der Waals surface area (Å²) in [5.74, 6) is 0.0231. The Labute approximate surface area is 186 Å². The summed E-state index contributed by atoms with van der Waals surface area (Å²) in [5, 5.41) is 12.9. The monoisotopic (exact) mass is 433 g/mol. The molecule has 31 heavy (non-hydrogen) atoms. The van der Waals surface area contributed by atoms with E-state index in [2.05, 4.69) is 11.4 Å². The van der Waals surface area contributed by atoms with Crippen LogP contribution in [0.25, 0.3) is 5.70 Å². The minimum Gasteiger partial charge on any atom is -0.397 e. The van der Waals surface area contributed by atoms with Gasteiger partial charge in [-0.25, -0.2) is 0 Å². The van der Waals surface area contributed by atoms with Crippen LogP contribution < -0.4 is 11.1 Å². The third kappa shape index (κ3) is 8.89. The van der Waals surface area contributed by atoms with Gasteiger partial charge in [-0.15, -0.1) is 0 Å². The summed E-state index contributed by atoms with van der Waals surface area (Å²) in [6.07, 6.45) is 8.54. The van der Waals surface area contributed by atoms with Crippen LogP contribution >= 0.6 is 0 Å². The van der Waals surface area contributed by atoms with E-state index in [1.54, 1.807) is 6.20 Å². The first-order chi connectivity index (χ1) is 15.0. The lowest BCUT2D eigenvalue weighted by Gasteiger charge is -2.32. The molecule has 0 saturated heterocycles. The summed E-state index contributed by atoms with van der Waals surface area (Å²) in [4.78, 5) is 14.7. The molecule has 1 aliphatic rings. The molecular formula is C24H39N3O4. The Morgan fingerprint density at radius 2 is 2.03 bits per heavy atom. The molecule has 1 fully saturated rings. The average Bonchev–Trinajstić information content (AvgIpc) is 3.06. The lowest BCUT2D eigenvalue weighted by atomic mass is 10.1. The van der Waals surface area contributed by atoms with Crippen molar-refractivity contribution in [3.05, 3.63) is 41.6 Å². The van der Waals surface area contributed by atoms with Crippen molar-refractivity contribution in [2.45, 2.75) is 63.7 Å². The predicted molar refractivity (Wildman–Crippen MR) is 123 cm³/mol. The second-order valence-corrected chi connectivity index (χ2v) is 8.08. The van der Waals surface area contributed by atoms with E-state index in [9.17, 15) is 9.90 Å².